The fourth-order valence-electron chi connectivity index (χ4n) is 6.08. The third-order valence-electron chi connectivity index (χ3n) is 9.14. The fraction of sp³-hybridized carbons (Fsp3) is 0.351. The van der Waals surface area contributed by atoms with Crippen molar-refractivity contribution >= 4 is 23.0 Å². The Kier molecular flexibility index (Phi) is 11.6. The lowest BCUT2D eigenvalue weighted by Gasteiger charge is -2.45. The second-order valence-corrected chi connectivity index (χ2v) is 12.9. The Morgan fingerprint density at radius 2 is 1.52 bits per heavy atom. The second kappa shape index (κ2) is 16.2. The lowest BCUT2D eigenvalue weighted by Crippen LogP contribution is -2.64. The number of ether oxygens (including phenoxy) is 6. The summed E-state index contributed by atoms with van der Waals surface area (Å²) in [5.41, 5.74) is -0.963. The highest BCUT2D eigenvalue weighted by Gasteiger charge is 2.51. The maximum absolute atomic E-state index is 13.9. The topological polar surface area (TPSA) is 305 Å². The van der Waals surface area contributed by atoms with E-state index < -0.39 is 119 Å². The molecule has 2 aliphatic heterocycles. The minimum absolute atomic E-state index is 0.0581. The van der Waals surface area contributed by atoms with Crippen molar-refractivity contribution in [3.05, 3.63) is 70.4 Å². The van der Waals surface area contributed by atoms with Crippen molar-refractivity contribution in [3.8, 4) is 51.6 Å². The van der Waals surface area contributed by atoms with Gasteiger partial charge in [0.2, 0.25) is 17.5 Å². The van der Waals surface area contributed by atoms with Crippen LogP contribution in [0.25, 0.3) is 28.4 Å². The van der Waals surface area contributed by atoms with Crippen LogP contribution in [-0.4, -0.2) is 132 Å². The van der Waals surface area contributed by atoms with E-state index in [-0.39, 0.29) is 22.6 Å². The molecule has 0 radical (unpaired) electrons. The number of hydrogen-bond acceptors (Lipinski definition) is 19. The van der Waals surface area contributed by atoms with Gasteiger partial charge >= 0.3 is 5.97 Å². The summed E-state index contributed by atoms with van der Waals surface area (Å²) in [6.45, 7) is 0.663. The molecule has 10 unspecified atom stereocenters. The molecule has 2 aliphatic rings. The first-order chi connectivity index (χ1) is 26.6. The maximum Gasteiger partial charge on any atom is 0.330 e. The van der Waals surface area contributed by atoms with Crippen LogP contribution in [0.2, 0.25) is 0 Å². The van der Waals surface area contributed by atoms with Crippen LogP contribution in [0.5, 0.6) is 40.2 Å². The SMILES string of the molecule is COc1cc(C=CC(=O)OCC2OC(OC3C(Oc4c(-c5ccc(O)c(O)c5)oc5cc(O)cc(O)c5c4=O)OC(C)C(O)C3O)C(O)C(O)C2O)ccc1O. The van der Waals surface area contributed by atoms with Crippen molar-refractivity contribution in [1.82, 2.24) is 0 Å². The Hall–Kier alpha value is -5.64. The number of phenolic OH excluding ortho intramolecular Hbond substituents is 5. The predicted octanol–water partition coefficient (Wildman–Crippen LogP) is 0.291. The molecule has 19 nitrogen and oxygen atoms in total. The van der Waals surface area contributed by atoms with Crippen molar-refractivity contribution < 1.29 is 88.7 Å². The van der Waals surface area contributed by atoms with E-state index >= 15 is 0 Å². The Morgan fingerprint density at radius 3 is 2.23 bits per heavy atom. The summed E-state index contributed by atoms with van der Waals surface area (Å²) in [6, 6.07) is 9.49. The molecule has 2 fully saturated rings. The van der Waals surface area contributed by atoms with Crippen LogP contribution in [0.1, 0.15) is 12.5 Å². The molecule has 56 heavy (non-hydrogen) atoms. The number of aromatic hydroxyl groups is 5. The first kappa shape index (κ1) is 40.0. The zero-order chi connectivity index (χ0) is 40.6. The van der Waals surface area contributed by atoms with Gasteiger partial charge in [-0.3, -0.25) is 4.79 Å². The molecule has 10 N–H and O–H groups in total. The molecule has 19 heteroatoms. The third kappa shape index (κ3) is 8.01. The number of rotatable bonds is 10. The summed E-state index contributed by atoms with van der Waals surface area (Å²) in [5, 5.41) is 104. The van der Waals surface area contributed by atoms with Crippen molar-refractivity contribution in [2.24, 2.45) is 0 Å². The van der Waals surface area contributed by atoms with Gasteiger partial charge in [0.25, 0.3) is 0 Å². The monoisotopic (exact) mass is 786 g/mol. The van der Waals surface area contributed by atoms with E-state index in [1.165, 1.54) is 44.4 Å². The quantitative estimate of drug-likeness (QED) is 0.0587. The molecule has 0 amide bonds. The van der Waals surface area contributed by atoms with E-state index in [0.717, 1.165) is 30.3 Å². The highest BCUT2D eigenvalue weighted by atomic mass is 16.8. The van der Waals surface area contributed by atoms with Crippen molar-refractivity contribution in [2.45, 2.75) is 68.3 Å². The van der Waals surface area contributed by atoms with Crippen LogP contribution in [0.4, 0.5) is 0 Å². The minimum Gasteiger partial charge on any atom is -0.508 e. The number of esters is 1. The number of phenols is 5. The van der Waals surface area contributed by atoms with Gasteiger partial charge in [0, 0.05) is 23.8 Å². The number of aliphatic hydroxyl groups is 5. The van der Waals surface area contributed by atoms with Gasteiger partial charge < -0.3 is 83.9 Å². The number of methoxy groups -OCH3 is 1. The summed E-state index contributed by atoms with van der Waals surface area (Å²) in [6.07, 6.45) is -15.4. The summed E-state index contributed by atoms with van der Waals surface area (Å²) in [5.74, 6) is -4.36. The van der Waals surface area contributed by atoms with Gasteiger partial charge in [-0.15, -0.1) is 0 Å². The summed E-state index contributed by atoms with van der Waals surface area (Å²) in [7, 11) is 1.35. The molecule has 4 aromatic rings. The maximum atomic E-state index is 13.9. The average molecular weight is 787 g/mol. The molecule has 0 spiro atoms. The molecule has 10 atom stereocenters. The van der Waals surface area contributed by atoms with Gasteiger partial charge in [-0.2, -0.15) is 0 Å². The van der Waals surface area contributed by atoms with Crippen LogP contribution >= 0.6 is 0 Å². The second-order valence-electron chi connectivity index (χ2n) is 12.9. The van der Waals surface area contributed by atoms with Crippen molar-refractivity contribution in [3.63, 3.8) is 0 Å². The molecule has 6 rings (SSSR count). The Bertz CT molecular complexity index is 2170. The van der Waals surface area contributed by atoms with E-state index in [1.807, 2.05) is 0 Å². The molecule has 1 aromatic heterocycles. The van der Waals surface area contributed by atoms with Gasteiger partial charge in [-0.1, -0.05) is 6.07 Å². The first-order valence-corrected chi connectivity index (χ1v) is 16.9. The average Bonchev–Trinajstić information content (AvgIpc) is 3.16. The van der Waals surface area contributed by atoms with E-state index in [2.05, 4.69) is 0 Å². The lowest BCUT2D eigenvalue weighted by molar-refractivity contribution is -0.355. The largest absolute Gasteiger partial charge is 0.508 e. The van der Waals surface area contributed by atoms with Crippen LogP contribution in [0, 0.1) is 0 Å². The molecule has 0 bridgehead atoms. The number of carbonyl (C=O) groups is 1. The molecule has 3 aromatic carbocycles. The van der Waals surface area contributed by atoms with Crippen LogP contribution in [-0.2, 0) is 23.7 Å². The van der Waals surface area contributed by atoms with Gasteiger partial charge in [0.15, 0.2) is 41.2 Å². The lowest BCUT2D eigenvalue weighted by atomic mass is 9.97. The molecular formula is C37H38O19. The zero-order valence-electron chi connectivity index (χ0n) is 29.4. The third-order valence-corrected chi connectivity index (χ3v) is 9.14. The van der Waals surface area contributed by atoms with Gasteiger partial charge in [0.05, 0.1) is 13.2 Å². The van der Waals surface area contributed by atoms with Gasteiger partial charge in [-0.05, 0) is 48.9 Å². The zero-order valence-corrected chi connectivity index (χ0v) is 29.4. The van der Waals surface area contributed by atoms with E-state index in [4.69, 9.17) is 32.8 Å². The standard InChI is InChI=1S/C37H38O19/c1-14-27(44)31(48)35(56-36-32(49)30(47)28(45)24(54-36)13-51-25(43)8-4-15-3-6-19(40)22(9-15)50-2)37(52-14)55-34-29(46)26-21(42)11-17(38)12-23(26)53-33(34)16-5-7-18(39)20(41)10-16/h3-12,14,24,27-28,30-32,35-42,44-45,47-49H,13H2,1-2H3. The van der Waals surface area contributed by atoms with E-state index in [9.17, 15) is 60.7 Å². The number of fused-ring (bicyclic) bond motifs is 1. The predicted molar refractivity (Wildman–Crippen MR) is 188 cm³/mol. The smallest absolute Gasteiger partial charge is 0.330 e. The van der Waals surface area contributed by atoms with Crippen molar-refractivity contribution in [2.75, 3.05) is 13.7 Å². The highest BCUT2D eigenvalue weighted by molar-refractivity contribution is 5.88. The number of aliphatic hydroxyl groups excluding tert-OH is 5. The van der Waals surface area contributed by atoms with Gasteiger partial charge in [0.1, 0.15) is 65.7 Å². The van der Waals surface area contributed by atoms with Crippen LogP contribution in [0.15, 0.2) is 63.8 Å². The summed E-state index contributed by atoms with van der Waals surface area (Å²) < 4.78 is 39.3. The molecular weight excluding hydrogens is 748 g/mol. The fourth-order valence-corrected chi connectivity index (χ4v) is 6.08. The summed E-state index contributed by atoms with van der Waals surface area (Å²) in [4.78, 5) is 26.5. The van der Waals surface area contributed by atoms with Gasteiger partial charge in [-0.25, -0.2) is 4.79 Å². The molecule has 0 saturated carbocycles. The Morgan fingerprint density at radius 1 is 0.786 bits per heavy atom. The molecule has 3 heterocycles. The minimum atomic E-state index is -2.02. The first-order valence-electron chi connectivity index (χ1n) is 16.9. The Balaban J connectivity index is 1.27. The molecule has 2 saturated heterocycles. The van der Waals surface area contributed by atoms with Crippen LogP contribution in [0.3, 0.4) is 0 Å². The molecule has 0 aliphatic carbocycles. The Labute approximate surface area is 315 Å². The number of carbonyl (C=O) groups excluding carboxylic acids is 1. The summed E-state index contributed by atoms with van der Waals surface area (Å²) >= 11 is 0. The number of hydrogen-bond donors (Lipinski definition) is 10. The van der Waals surface area contributed by atoms with Crippen molar-refractivity contribution in [1.29, 1.82) is 0 Å². The normalized spacial score (nSPS) is 28.0. The number of benzene rings is 3. The van der Waals surface area contributed by atoms with E-state index in [1.54, 1.807) is 0 Å². The molecule has 300 valence electrons. The van der Waals surface area contributed by atoms with Crippen LogP contribution < -0.4 is 14.9 Å². The highest BCUT2D eigenvalue weighted by Crippen LogP contribution is 2.40. The van der Waals surface area contributed by atoms with E-state index in [0.29, 0.717) is 5.56 Å².